The number of imidazole rings is 1. The first kappa shape index (κ1) is 9.33. The molecule has 1 aromatic carbocycles. The lowest BCUT2D eigenvalue weighted by Gasteiger charge is -1.97. The van der Waals surface area contributed by atoms with Crippen molar-refractivity contribution in [2.24, 2.45) is 0 Å². The molecular formula is C11H9F2N3. The summed E-state index contributed by atoms with van der Waals surface area (Å²) >= 11 is 0. The standard InChI is InChI=1S/C11H9F2N3/c12-6-4-9-10(5-7(6)13)16-11(15-9)8-2-1-3-14-8/h2,4-5,14H,1,3H2,(H,15,16). The summed E-state index contributed by atoms with van der Waals surface area (Å²) in [5.74, 6) is -1.12. The lowest BCUT2D eigenvalue weighted by atomic mass is 10.3. The summed E-state index contributed by atoms with van der Waals surface area (Å²) in [4.78, 5) is 7.16. The maximum Gasteiger partial charge on any atom is 0.161 e. The Morgan fingerprint density at radius 2 is 2.00 bits per heavy atom. The minimum atomic E-state index is -0.876. The highest BCUT2D eigenvalue weighted by Crippen LogP contribution is 2.20. The van der Waals surface area contributed by atoms with Crippen molar-refractivity contribution < 1.29 is 8.78 Å². The second-order valence-electron chi connectivity index (χ2n) is 3.70. The molecule has 3 rings (SSSR count). The van der Waals surface area contributed by atoms with Crippen molar-refractivity contribution in [3.8, 4) is 0 Å². The highest BCUT2D eigenvalue weighted by Gasteiger charge is 2.12. The Kier molecular flexibility index (Phi) is 1.92. The molecular weight excluding hydrogens is 212 g/mol. The van der Waals surface area contributed by atoms with Gasteiger partial charge in [-0.2, -0.15) is 0 Å². The van der Waals surface area contributed by atoms with E-state index in [1.54, 1.807) is 0 Å². The first-order valence-electron chi connectivity index (χ1n) is 5.03. The van der Waals surface area contributed by atoms with Crippen LogP contribution in [0, 0.1) is 11.6 Å². The summed E-state index contributed by atoms with van der Waals surface area (Å²) in [5.41, 5.74) is 1.82. The molecule has 0 fully saturated rings. The maximum atomic E-state index is 13.0. The van der Waals surface area contributed by atoms with Crippen molar-refractivity contribution in [2.45, 2.75) is 6.42 Å². The van der Waals surface area contributed by atoms with Crippen LogP contribution < -0.4 is 5.32 Å². The number of H-pyrrole nitrogens is 1. The van der Waals surface area contributed by atoms with Crippen LogP contribution in [0.5, 0.6) is 0 Å². The van der Waals surface area contributed by atoms with Gasteiger partial charge in [-0.25, -0.2) is 13.8 Å². The molecule has 1 aromatic heterocycles. The van der Waals surface area contributed by atoms with Gasteiger partial charge in [0.25, 0.3) is 0 Å². The number of hydrogen-bond donors (Lipinski definition) is 2. The number of nitrogens with one attached hydrogen (secondary N) is 2. The van der Waals surface area contributed by atoms with Gasteiger partial charge in [-0.3, -0.25) is 0 Å². The van der Waals surface area contributed by atoms with Gasteiger partial charge in [0.1, 0.15) is 0 Å². The molecule has 2 N–H and O–H groups in total. The zero-order valence-electron chi connectivity index (χ0n) is 8.35. The Labute approximate surface area is 90.2 Å². The predicted octanol–water partition coefficient (Wildman–Crippen LogP) is 2.18. The molecule has 0 unspecified atom stereocenters. The molecule has 1 aliphatic rings. The van der Waals surface area contributed by atoms with Crippen molar-refractivity contribution in [3.63, 3.8) is 0 Å². The van der Waals surface area contributed by atoms with Crippen molar-refractivity contribution in [1.82, 2.24) is 15.3 Å². The van der Waals surface area contributed by atoms with Crippen LogP contribution in [0.1, 0.15) is 12.2 Å². The van der Waals surface area contributed by atoms with E-state index in [1.807, 2.05) is 6.08 Å². The van der Waals surface area contributed by atoms with E-state index < -0.39 is 11.6 Å². The summed E-state index contributed by atoms with van der Waals surface area (Å²) in [6, 6.07) is 2.22. The third-order valence-corrected chi connectivity index (χ3v) is 2.59. The van der Waals surface area contributed by atoms with Gasteiger partial charge in [-0.1, -0.05) is 6.08 Å². The molecule has 5 heteroatoms. The topological polar surface area (TPSA) is 40.7 Å². The maximum absolute atomic E-state index is 13.0. The third kappa shape index (κ3) is 1.36. The molecule has 1 aliphatic heterocycles. The number of aromatic nitrogens is 2. The fourth-order valence-corrected chi connectivity index (χ4v) is 1.81. The normalized spacial score (nSPS) is 15.2. The monoisotopic (exact) mass is 221 g/mol. The number of rotatable bonds is 1. The minimum Gasteiger partial charge on any atom is -0.382 e. The van der Waals surface area contributed by atoms with Crippen LogP contribution in [-0.4, -0.2) is 16.5 Å². The van der Waals surface area contributed by atoms with E-state index in [0.717, 1.165) is 30.8 Å². The van der Waals surface area contributed by atoms with E-state index in [-0.39, 0.29) is 0 Å². The Morgan fingerprint density at radius 1 is 1.19 bits per heavy atom. The number of fused-ring (bicyclic) bond motifs is 1. The largest absolute Gasteiger partial charge is 0.382 e. The molecule has 0 spiro atoms. The van der Waals surface area contributed by atoms with Crippen LogP contribution in [-0.2, 0) is 0 Å². The van der Waals surface area contributed by atoms with Crippen LogP contribution in [0.25, 0.3) is 16.7 Å². The molecule has 3 nitrogen and oxygen atoms in total. The van der Waals surface area contributed by atoms with Crippen molar-refractivity contribution in [3.05, 3.63) is 35.7 Å². The summed E-state index contributed by atoms with van der Waals surface area (Å²) in [5, 5.41) is 3.14. The highest BCUT2D eigenvalue weighted by atomic mass is 19.2. The lowest BCUT2D eigenvalue weighted by Crippen LogP contribution is -2.07. The number of benzene rings is 1. The Balaban J connectivity index is 2.15. The van der Waals surface area contributed by atoms with E-state index in [0.29, 0.717) is 16.9 Å². The van der Waals surface area contributed by atoms with E-state index in [4.69, 9.17) is 0 Å². The molecule has 0 amide bonds. The Morgan fingerprint density at radius 3 is 2.75 bits per heavy atom. The van der Waals surface area contributed by atoms with Gasteiger partial charge in [0.15, 0.2) is 17.5 Å². The number of aromatic amines is 1. The van der Waals surface area contributed by atoms with Crippen LogP contribution in [0.2, 0.25) is 0 Å². The summed E-state index contributed by atoms with van der Waals surface area (Å²) in [7, 11) is 0. The van der Waals surface area contributed by atoms with Crippen LogP contribution in [0.3, 0.4) is 0 Å². The smallest absolute Gasteiger partial charge is 0.161 e. The first-order valence-corrected chi connectivity index (χ1v) is 5.03. The second kappa shape index (κ2) is 3.30. The summed E-state index contributed by atoms with van der Waals surface area (Å²) in [6.45, 7) is 0.870. The van der Waals surface area contributed by atoms with Crippen molar-refractivity contribution >= 4 is 16.7 Å². The molecule has 0 saturated carbocycles. The van der Waals surface area contributed by atoms with Crippen LogP contribution in [0.15, 0.2) is 18.2 Å². The van der Waals surface area contributed by atoms with Crippen molar-refractivity contribution in [2.75, 3.05) is 6.54 Å². The zero-order chi connectivity index (χ0) is 11.1. The van der Waals surface area contributed by atoms with E-state index >= 15 is 0 Å². The molecule has 82 valence electrons. The molecule has 0 saturated heterocycles. The quantitative estimate of drug-likeness (QED) is 0.774. The van der Waals surface area contributed by atoms with Gasteiger partial charge < -0.3 is 10.3 Å². The third-order valence-electron chi connectivity index (χ3n) is 2.59. The van der Waals surface area contributed by atoms with Gasteiger partial charge in [0, 0.05) is 18.7 Å². The van der Waals surface area contributed by atoms with Crippen molar-refractivity contribution in [1.29, 1.82) is 0 Å². The number of nitrogens with zero attached hydrogens (tertiary/aromatic N) is 1. The minimum absolute atomic E-state index is 0.434. The molecule has 0 atom stereocenters. The Bertz CT molecular complexity index is 547. The molecule has 16 heavy (non-hydrogen) atoms. The predicted molar refractivity (Wildman–Crippen MR) is 56.6 cm³/mol. The zero-order valence-corrected chi connectivity index (χ0v) is 8.35. The van der Waals surface area contributed by atoms with E-state index in [1.165, 1.54) is 0 Å². The number of halogens is 2. The lowest BCUT2D eigenvalue weighted by molar-refractivity contribution is 0.510. The highest BCUT2D eigenvalue weighted by molar-refractivity contribution is 5.78. The Hall–Kier alpha value is -1.91. The number of hydrogen-bond acceptors (Lipinski definition) is 2. The summed E-state index contributed by atoms with van der Waals surface area (Å²) in [6.07, 6.45) is 2.94. The average molecular weight is 221 g/mol. The van der Waals surface area contributed by atoms with E-state index in [2.05, 4.69) is 15.3 Å². The first-order chi connectivity index (χ1) is 7.74. The van der Waals surface area contributed by atoms with Gasteiger partial charge in [0.05, 0.1) is 16.7 Å². The fourth-order valence-electron chi connectivity index (χ4n) is 1.81. The van der Waals surface area contributed by atoms with Crippen LogP contribution >= 0.6 is 0 Å². The van der Waals surface area contributed by atoms with E-state index in [9.17, 15) is 8.78 Å². The molecule has 0 aliphatic carbocycles. The fraction of sp³-hybridized carbons (Fsp3) is 0.182. The molecule has 0 bridgehead atoms. The van der Waals surface area contributed by atoms with Crippen LogP contribution in [0.4, 0.5) is 8.78 Å². The molecule has 2 aromatic rings. The van der Waals surface area contributed by atoms with Gasteiger partial charge in [-0.05, 0) is 6.42 Å². The SMILES string of the molecule is Fc1cc2nc(C3=CCCN3)[nH]c2cc1F. The molecule has 0 radical (unpaired) electrons. The average Bonchev–Trinajstić information content (AvgIpc) is 2.86. The van der Waals surface area contributed by atoms with Gasteiger partial charge >= 0.3 is 0 Å². The summed E-state index contributed by atoms with van der Waals surface area (Å²) < 4.78 is 26.0. The second-order valence-corrected chi connectivity index (χ2v) is 3.70. The van der Waals surface area contributed by atoms with Gasteiger partial charge in [-0.15, -0.1) is 0 Å². The molecule has 2 heterocycles. The van der Waals surface area contributed by atoms with Gasteiger partial charge in [0.2, 0.25) is 0 Å².